The van der Waals surface area contributed by atoms with Crippen LogP contribution in [0.1, 0.15) is 20.8 Å². The summed E-state index contributed by atoms with van der Waals surface area (Å²) in [6.45, 7) is 6.35. The first-order valence-corrected chi connectivity index (χ1v) is 8.45. The van der Waals surface area contributed by atoms with Crippen molar-refractivity contribution in [2.24, 2.45) is 0 Å². The third-order valence-corrected chi connectivity index (χ3v) is 3.07. The molecule has 0 fully saturated rings. The van der Waals surface area contributed by atoms with Gasteiger partial charge in [-0.1, -0.05) is 5.57 Å². The van der Waals surface area contributed by atoms with Crippen molar-refractivity contribution in [3.63, 3.8) is 0 Å². The smallest absolute Gasteiger partial charge is 0.264 e. The van der Waals surface area contributed by atoms with Crippen molar-refractivity contribution in [1.82, 2.24) is 0 Å². The Kier molecular flexibility index (Phi) is 6.71. The van der Waals surface area contributed by atoms with E-state index in [0.717, 1.165) is 12.0 Å². The van der Waals surface area contributed by atoms with E-state index in [9.17, 15) is 8.42 Å². The number of benzene rings is 1. The van der Waals surface area contributed by atoms with Crippen molar-refractivity contribution < 1.29 is 22.1 Å². The molecule has 0 aliphatic carbocycles. The monoisotopic (exact) mass is 314 g/mol. The van der Waals surface area contributed by atoms with Gasteiger partial charge in [-0.2, -0.15) is 8.42 Å². The van der Waals surface area contributed by atoms with Gasteiger partial charge in [-0.25, -0.2) is 0 Å². The van der Waals surface area contributed by atoms with E-state index >= 15 is 0 Å². The number of allylic oxidation sites excluding steroid dienone is 1. The van der Waals surface area contributed by atoms with Crippen molar-refractivity contribution >= 4 is 10.1 Å². The normalized spacial score (nSPS) is 12.6. The van der Waals surface area contributed by atoms with E-state index in [1.807, 2.05) is 19.9 Å². The first kappa shape index (κ1) is 17.5. The molecule has 1 aromatic rings. The fraction of sp³-hybridized carbons (Fsp3) is 0.467. The summed E-state index contributed by atoms with van der Waals surface area (Å²) < 4.78 is 37.7. The van der Waals surface area contributed by atoms with Gasteiger partial charge in [0.2, 0.25) is 0 Å². The van der Waals surface area contributed by atoms with E-state index in [4.69, 9.17) is 13.7 Å². The Hall–Kier alpha value is -1.53. The lowest BCUT2D eigenvalue weighted by molar-refractivity contribution is 0.150. The highest BCUT2D eigenvalue weighted by Crippen LogP contribution is 2.18. The van der Waals surface area contributed by atoms with Gasteiger partial charge in [-0.3, -0.25) is 4.18 Å². The van der Waals surface area contributed by atoms with Gasteiger partial charge < -0.3 is 9.47 Å². The molecule has 0 radical (unpaired) electrons. The fourth-order valence-electron chi connectivity index (χ4n) is 1.48. The van der Waals surface area contributed by atoms with Gasteiger partial charge in [-0.15, -0.1) is 0 Å². The molecule has 0 aliphatic rings. The number of hydrogen-bond donors (Lipinski definition) is 0. The summed E-state index contributed by atoms with van der Waals surface area (Å²) in [4.78, 5) is 0. The zero-order valence-corrected chi connectivity index (χ0v) is 13.6. The van der Waals surface area contributed by atoms with Gasteiger partial charge in [0, 0.05) is 0 Å². The van der Waals surface area contributed by atoms with Gasteiger partial charge >= 0.3 is 0 Å². The predicted octanol–water partition coefficient (Wildman–Crippen LogP) is 2.78. The molecule has 0 aliphatic heterocycles. The van der Waals surface area contributed by atoms with Crippen molar-refractivity contribution in [2.75, 3.05) is 19.5 Å². The molecule has 0 saturated carbocycles. The van der Waals surface area contributed by atoms with Crippen LogP contribution < -0.4 is 9.47 Å². The molecule has 0 heterocycles. The molecule has 0 N–H and O–H groups in total. The van der Waals surface area contributed by atoms with Crippen LogP contribution in [0, 0.1) is 0 Å². The van der Waals surface area contributed by atoms with Crippen LogP contribution in [-0.4, -0.2) is 34.0 Å². The highest BCUT2D eigenvalue weighted by atomic mass is 32.2. The summed E-state index contributed by atoms with van der Waals surface area (Å²) >= 11 is 0. The quantitative estimate of drug-likeness (QED) is 0.545. The van der Waals surface area contributed by atoms with Crippen LogP contribution in [0.5, 0.6) is 11.5 Å². The minimum Gasteiger partial charge on any atom is -0.491 e. The molecular formula is C15H22O5S. The second-order valence-corrected chi connectivity index (χ2v) is 6.59. The van der Waals surface area contributed by atoms with Crippen molar-refractivity contribution in [3.05, 3.63) is 35.9 Å². The molecular weight excluding hydrogens is 292 g/mol. The summed E-state index contributed by atoms with van der Waals surface area (Å²) in [7, 11) is -3.46. The van der Waals surface area contributed by atoms with Crippen molar-refractivity contribution in [3.8, 4) is 11.5 Å². The molecule has 6 heteroatoms. The van der Waals surface area contributed by atoms with Gasteiger partial charge in [0.1, 0.15) is 30.8 Å². The molecule has 5 nitrogen and oxygen atoms in total. The summed E-state index contributed by atoms with van der Waals surface area (Å²) in [6, 6.07) is 7.14. The molecule has 0 amide bonds. The van der Waals surface area contributed by atoms with Gasteiger partial charge in [0.25, 0.3) is 10.1 Å². The van der Waals surface area contributed by atoms with E-state index in [-0.39, 0.29) is 6.61 Å². The summed E-state index contributed by atoms with van der Waals surface area (Å²) in [5.41, 5.74) is 1.20. The second kappa shape index (κ2) is 8.05. The molecule has 0 aromatic heterocycles. The van der Waals surface area contributed by atoms with E-state index in [1.165, 1.54) is 5.57 Å². The van der Waals surface area contributed by atoms with Gasteiger partial charge in [-0.05, 0) is 51.1 Å². The van der Waals surface area contributed by atoms with Crippen molar-refractivity contribution in [1.29, 1.82) is 0 Å². The third kappa shape index (κ3) is 8.37. The predicted molar refractivity (Wildman–Crippen MR) is 82.3 cm³/mol. The van der Waals surface area contributed by atoms with Gasteiger partial charge in [0.15, 0.2) is 0 Å². The maximum atomic E-state index is 10.9. The van der Waals surface area contributed by atoms with Crippen molar-refractivity contribution in [2.45, 2.75) is 26.9 Å². The summed E-state index contributed by atoms with van der Waals surface area (Å²) in [6.07, 6.45) is 2.48. The maximum absolute atomic E-state index is 10.9. The Balaban J connectivity index is 2.42. The molecule has 1 unspecified atom stereocenters. The molecule has 118 valence electrons. The lowest BCUT2D eigenvalue weighted by atomic mass is 10.3. The van der Waals surface area contributed by atoms with E-state index < -0.39 is 16.2 Å². The Morgan fingerprint density at radius 1 is 1.14 bits per heavy atom. The van der Waals surface area contributed by atoms with E-state index in [0.29, 0.717) is 12.4 Å². The van der Waals surface area contributed by atoms with Crippen LogP contribution in [0.3, 0.4) is 0 Å². The zero-order valence-electron chi connectivity index (χ0n) is 12.8. The molecule has 1 atom stereocenters. The maximum Gasteiger partial charge on any atom is 0.264 e. The van der Waals surface area contributed by atoms with Crippen LogP contribution >= 0.6 is 0 Å². The lowest BCUT2D eigenvalue weighted by Gasteiger charge is -2.13. The van der Waals surface area contributed by atoms with E-state index in [2.05, 4.69) is 0 Å². The highest BCUT2D eigenvalue weighted by Gasteiger charge is 2.10. The fourth-order valence-corrected chi connectivity index (χ4v) is 2.13. The Bertz CT molecular complexity index is 556. The van der Waals surface area contributed by atoms with Crippen LogP contribution in [0.25, 0.3) is 0 Å². The largest absolute Gasteiger partial charge is 0.491 e. The summed E-state index contributed by atoms with van der Waals surface area (Å²) in [5.74, 6) is 1.38. The minimum absolute atomic E-state index is 0.158. The Morgan fingerprint density at radius 2 is 1.67 bits per heavy atom. The molecule has 0 saturated heterocycles. The minimum atomic E-state index is -3.46. The van der Waals surface area contributed by atoms with Gasteiger partial charge in [0.05, 0.1) is 6.26 Å². The average Bonchev–Trinajstić information content (AvgIpc) is 2.35. The molecule has 21 heavy (non-hydrogen) atoms. The number of ether oxygens (including phenoxy) is 2. The lowest BCUT2D eigenvalue weighted by Crippen LogP contribution is -2.21. The highest BCUT2D eigenvalue weighted by molar-refractivity contribution is 7.86. The first-order chi connectivity index (χ1) is 9.76. The summed E-state index contributed by atoms with van der Waals surface area (Å²) in [5, 5.41) is 0. The van der Waals surface area contributed by atoms with Crippen LogP contribution in [-0.2, 0) is 14.3 Å². The topological polar surface area (TPSA) is 61.8 Å². The number of rotatable bonds is 8. The Morgan fingerprint density at radius 3 is 2.14 bits per heavy atom. The zero-order chi connectivity index (χ0) is 15.9. The van der Waals surface area contributed by atoms with Crippen LogP contribution in [0.4, 0.5) is 0 Å². The number of hydrogen-bond acceptors (Lipinski definition) is 5. The molecule has 1 aromatic carbocycles. The second-order valence-electron chi connectivity index (χ2n) is 4.99. The van der Waals surface area contributed by atoms with E-state index in [1.54, 1.807) is 31.2 Å². The van der Waals surface area contributed by atoms with Crippen LogP contribution in [0.2, 0.25) is 0 Å². The average molecular weight is 314 g/mol. The molecule has 1 rings (SSSR count). The standard InChI is InChI=1S/C15H22O5S/c1-12(2)9-10-18-14-5-7-15(8-6-14)19-11-13(3)20-21(4,16)17/h5-9,13H,10-11H2,1-4H3. The molecule has 0 bridgehead atoms. The first-order valence-electron chi connectivity index (χ1n) is 6.63. The molecule has 0 spiro atoms. The van der Waals surface area contributed by atoms with Crippen LogP contribution in [0.15, 0.2) is 35.9 Å². The Labute approximate surface area is 126 Å². The third-order valence-electron chi connectivity index (χ3n) is 2.39. The SMILES string of the molecule is CC(C)=CCOc1ccc(OCC(C)OS(C)(=O)=O)cc1.